The maximum Gasteiger partial charge on any atom is 0.209 e. The second kappa shape index (κ2) is 6.06. The van der Waals surface area contributed by atoms with Crippen LogP contribution < -0.4 is 14.2 Å². The zero-order valence-corrected chi connectivity index (χ0v) is 11.9. The summed E-state index contributed by atoms with van der Waals surface area (Å²) in [5, 5.41) is 0. The molecule has 0 aliphatic rings. The summed E-state index contributed by atoms with van der Waals surface area (Å²) in [5.41, 5.74) is 0.820. The Morgan fingerprint density at radius 1 is 1.33 bits per heavy atom. The van der Waals surface area contributed by atoms with Gasteiger partial charge in [-0.2, -0.15) is 0 Å². The van der Waals surface area contributed by atoms with Gasteiger partial charge in [0, 0.05) is 6.04 Å². The minimum atomic E-state index is -3.23. The van der Waals surface area contributed by atoms with Crippen molar-refractivity contribution >= 4 is 10.0 Å². The van der Waals surface area contributed by atoms with E-state index in [1.807, 2.05) is 13.0 Å². The van der Waals surface area contributed by atoms with E-state index in [4.69, 9.17) is 9.47 Å². The van der Waals surface area contributed by atoms with Gasteiger partial charge in [-0.15, -0.1) is 0 Å². The highest BCUT2D eigenvalue weighted by molar-refractivity contribution is 7.88. The van der Waals surface area contributed by atoms with Gasteiger partial charge in [-0.25, -0.2) is 13.1 Å². The number of ether oxygens (including phenoxy) is 2. The molecule has 0 amide bonds. The van der Waals surface area contributed by atoms with Gasteiger partial charge in [0.2, 0.25) is 10.0 Å². The highest BCUT2D eigenvalue weighted by Gasteiger charge is 2.13. The third kappa shape index (κ3) is 4.19. The monoisotopic (exact) mass is 273 g/mol. The fourth-order valence-corrected chi connectivity index (χ4v) is 2.40. The lowest BCUT2D eigenvalue weighted by atomic mass is 10.1. The molecule has 0 aliphatic heterocycles. The van der Waals surface area contributed by atoms with E-state index in [2.05, 4.69) is 4.72 Å². The Kier molecular flexibility index (Phi) is 4.98. The second-order valence-corrected chi connectivity index (χ2v) is 5.74. The Hall–Kier alpha value is -1.27. The van der Waals surface area contributed by atoms with E-state index in [0.717, 1.165) is 11.8 Å². The van der Waals surface area contributed by atoms with Gasteiger partial charge in [0.1, 0.15) is 0 Å². The fourth-order valence-electron chi connectivity index (χ4n) is 1.62. The summed E-state index contributed by atoms with van der Waals surface area (Å²) in [6.07, 6.45) is 1.13. The Morgan fingerprint density at radius 3 is 2.50 bits per heavy atom. The number of rotatable bonds is 6. The fraction of sp³-hybridized carbons (Fsp3) is 0.500. The molecule has 0 spiro atoms. The van der Waals surface area contributed by atoms with Crippen molar-refractivity contribution in [2.45, 2.75) is 19.9 Å². The molecule has 0 radical (unpaired) electrons. The number of methoxy groups -OCH3 is 1. The van der Waals surface area contributed by atoms with Crippen LogP contribution in [0.15, 0.2) is 18.2 Å². The van der Waals surface area contributed by atoms with Crippen molar-refractivity contribution in [1.82, 2.24) is 4.72 Å². The maximum atomic E-state index is 11.2. The van der Waals surface area contributed by atoms with E-state index in [0.29, 0.717) is 18.1 Å². The number of hydrogen-bond acceptors (Lipinski definition) is 4. The first-order chi connectivity index (χ1) is 8.37. The number of benzene rings is 1. The van der Waals surface area contributed by atoms with E-state index >= 15 is 0 Å². The van der Waals surface area contributed by atoms with Gasteiger partial charge < -0.3 is 9.47 Å². The Balaban J connectivity index is 2.97. The van der Waals surface area contributed by atoms with Crippen LogP contribution in [0.2, 0.25) is 0 Å². The topological polar surface area (TPSA) is 64.6 Å². The van der Waals surface area contributed by atoms with Crippen LogP contribution in [-0.4, -0.2) is 28.4 Å². The lowest BCUT2D eigenvalue weighted by molar-refractivity contribution is 0.310. The van der Waals surface area contributed by atoms with Gasteiger partial charge in [0.05, 0.1) is 20.0 Å². The molecular weight excluding hydrogens is 254 g/mol. The SMILES string of the molecule is CCOc1ccc(C(C)NS(C)(=O)=O)cc1OC. The normalized spacial score (nSPS) is 13.1. The zero-order valence-electron chi connectivity index (χ0n) is 11.1. The highest BCUT2D eigenvalue weighted by Crippen LogP contribution is 2.30. The molecule has 1 aromatic carbocycles. The van der Waals surface area contributed by atoms with Crippen molar-refractivity contribution < 1.29 is 17.9 Å². The molecule has 0 aliphatic carbocycles. The summed E-state index contributed by atoms with van der Waals surface area (Å²) >= 11 is 0. The molecule has 5 nitrogen and oxygen atoms in total. The van der Waals surface area contributed by atoms with Crippen molar-refractivity contribution in [3.8, 4) is 11.5 Å². The summed E-state index contributed by atoms with van der Waals surface area (Å²) in [5.74, 6) is 1.24. The molecule has 1 unspecified atom stereocenters. The molecule has 0 aromatic heterocycles. The summed E-state index contributed by atoms with van der Waals surface area (Å²) in [6, 6.07) is 5.05. The van der Waals surface area contributed by atoms with Crippen LogP contribution in [-0.2, 0) is 10.0 Å². The average Bonchev–Trinajstić information content (AvgIpc) is 2.27. The van der Waals surface area contributed by atoms with Gasteiger partial charge >= 0.3 is 0 Å². The first kappa shape index (κ1) is 14.8. The predicted molar refractivity (Wildman–Crippen MR) is 70.6 cm³/mol. The highest BCUT2D eigenvalue weighted by atomic mass is 32.2. The van der Waals surface area contributed by atoms with Crippen molar-refractivity contribution in [2.75, 3.05) is 20.0 Å². The van der Waals surface area contributed by atoms with Crippen molar-refractivity contribution in [3.63, 3.8) is 0 Å². The van der Waals surface area contributed by atoms with Crippen LogP contribution in [0.3, 0.4) is 0 Å². The summed E-state index contributed by atoms with van der Waals surface area (Å²) in [6.45, 7) is 4.21. The molecule has 1 rings (SSSR count). The molecule has 18 heavy (non-hydrogen) atoms. The lowest BCUT2D eigenvalue weighted by Crippen LogP contribution is -2.25. The second-order valence-electron chi connectivity index (χ2n) is 3.96. The Morgan fingerprint density at radius 2 is 2.00 bits per heavy atom. The number of sulfonamides is 1. The molecular formula is C12H19NO4S. The van der Waals surface area contributed by atoms with Crippen LogP contribution in [0, 0.1) is 0 Å². The van der Waals surface area contributed by atoms with Gasteiger partial charge in [-0.3, -0.25) is 0 Å². The average molecular weight is 273 g/mol. The van der Waals surface area contributed by atoms with E-state index < -0.39 is 10.0 Å². The molecule has 1 atom stereocenters. The van der Waals surface area contributed by atoms with E-state index in [1.54, 1.807) is 26.2 Å². The summed E-state index contributed by atoms with van der Waals surface area (Å²) in [7, 11) is -1.68. The zero-order chi connectivity index (χ0) is 13.8. The minimum Gasteiger partial charge on any atom is -0.493 e. The smallest absolute Gasteiger partial charge is 0.209 e. The first-order valence-corrected chi connectivity index (χ1v) is 7.54. The van der Waals surface area contributed by atoms with Crippen LogP contribution in [0.1, 0.15) is 25.5 Å². The predicted octanol–water partition coefficient (Wildman–Crippen LogP) is 1.70. The van der Waals surface area contributed by atoms with Crippen LogP contribution in [0.4, 0.5) is 0 Å². The van der Waals surface area contributed by atoms with Crippen molar-refractivity contribution in [2.24, 2.45) is 0 Å². The van der Waals surface area contributed by atoms with Gasteiger partial charge in [0.15, 0.2) is 11.5 Å². The molecule has 1 aromatic rings. The molecule has 6 heteroatoms. The molecule has 0 saturated carbocycles. The van der Waals surface area contributed by atoms with E-state index in [9.17, 15) is 8.42 Å². The quantitative estimate of drug-likeness (QED) is 0.857. The van der Waals surface area contributed by atoms with Crippen molar-refractivity contribution in [3.05, 3.63) is 23.8 Å². The van der Waals surface area contributed by atoms with Gasteiger partial charge in [-0.05, 0) is 31.5 Å². The third-order valence-corrected chi connectivity index (χ3v) is 3.16. The third-order valence-electron chi connectivity index (χ3n) is 2.38. The van der Waals surface area contributed by atoms with E-state index in [-0.39, 0.29) is 6.04 Å². The molecule has 102 valence electrons. The molecule has 1 N–H and O–H groups in total. The van der Waals surface area contributed by atoms with Crippen LogP contribution >= 0.6 is 0 Å². The van der Waals surface area contributed by atoms with E-state index in [1.165, 1.54) is 0 Å². The molecule has 0 heterocycles. The molecule has 0 saturated heterocycles. The molecule has 0 fully saturated rings. The van der Waals surface area contributed by atoms with Crippen molar-refractivity contribution in [1.29, 1.82) is 0 Å². The molecule has 0 bridgehead atoms. The lowest BCUT2D eigenvalue weighted by Gasteiger charge is -2.15. The van der Waals surface area contributed by atoms with Crippen LogP contribution in [0.25, 0.3) is 0 Å². The van der Waals surface area contributed by atoms with Gasteiger partial charge in [0.25, 0.3) is 0 Å². The number of hydrogen-bond donors (Lipinski definition) is 1. The number of nitrogens with one attached hydrogen (secondary N) is 1. The summed E-state index contributed by atoms with van der Waals surface area (Å²) < 4.78 is 35.5. The van der Waals surface area contributed by atoms with Crippen LogP contribution in [0.5, 0.6) is 11.5 Å². The Bertz CT molecular complexity index is 499. The van der Waals surface area contributed by atoms with Gasteiger partial charge in [-0.1, -0.05) is 6.07 Å². The summed E-state index contributed by atoms with van der Waals surface area (Å²) in [4.78, 5) is 0. The Labute approximate surface area is 108 Å². The maximum absolute atomic E-state index is 11.2. The largest absolute Gasteiger partial charge is 0.493 e. The first-order valence-electron chi connectivity index (χ1n) is 5.65. The standard InChI is InChI=1S/C12H19NO4S/c1-5-17-11-7-6-10(8-12(11)16-3)9(2)13-18(4,14)15/h6-9,13H,5H2,1-4H3. The minimum absolute atomic E-state index is 0.315.